The van der Waals surface area contributed by atoms with Crippen LogP contribution in [-0.2, 0) is 79.2 Å². The third-order valence-electron chi connectivity index (χ3n) is 8.20. The Kier molecular flexibility index (Phi) is 17.1. The highest BCUT2D eigenvalue weighted by molar-refractivity contribution is 5.85. The molecule has 0 aromatic heterocycles. The van der Waals surface area contributed by atoms with Gasteiger partial charge in [-0.1, -0.05) is 42.5 Å². The molecular formula is C39H44F2N2O15. The third kappa shape index (κ3) is 13.2. The second-order valence-corrected chi connectivity index (χ2v) is 12.7. The number of carbonyl (C=O) groups excluding carboxylic acids is 7. The molecule has 0 bridgehead atoms. The molecule has 2 N–H and O–H groups in total. The summed E-state index contributed by atoms with van der Waals surface area (Å²) in [6.45, 7) is 1.90. The van der Waals surface area contributed by atoms with Crippen LogP contribution in [0.3, 0.4) is 0 Å². The van der Waals surface area contributed by atoms with Gasteiger partial charge in [-0.05, 0) is 17.7 Å². The number of methoxy groups -OCH3 is 1. The zero-order chi connectivity index (χ0) is 43.0. The van der Waals surface area contributed by atoms with Crippen LogP contribution in [0, 0.1) is 12.3 Å². The van der Waals surface area contributed by atoms with Gasteiger partial charge in [-0.15, -0.1) is 12.3 Å². The molecule has 1 aliphatic heterocycles. The number of amides is 2. The summed E-state index contributed by atoms with van der Waals surface area (Å²) in [4.78, 5) is 89.0. The van der Waals surface area contributed by atoms with E-state index in [0.717, 1.165) is 46.9 Å². The number of nitrogens with one attached hydrogen (secondary N) is 2. The zero-order valence-electron chi connectivity index (χ0n) is 32.3. The summed E-state index contributed by atoms with van der Waals surface area (Å²) >= 11 is 0. The van der Waals surface area contributed by atoms with Crippen molar-refractivity contribution in [2.75, 3.05) is 26.9 Å². The summed E-state index contributed by atoms with van der Waals surface area (Å²) in [6.07, 6.45) is -2.53. The van der Waals surface area contributed by atoms with E-state index in [-0.39, 0.29) is 13.2 Å². The fourth-order valence-corrected chi connectivity index (χ4v) is 5.73. The molecule has 2 amide bonds. The van der Waals surface area contributed by atoms with E-state index in [1.165, 1.54) is 18.2 Å². The van der Waals surface area contributed by atoms with Gasteiger partial charge in [0.25, 0.3) is 17.6 Å². The molecule has 0 spiro atoms. The Bertz CT molecular complexity index is 1820. The van der Waals surface area contributed by atoms with Crippen molar-refractivity contribution < 1.29 is 80.2 Å². The van der Waals surface area contributed by atoms with E-state index in [2.05, 4.69) is 11.2 Å². The Morgan fingerprint density at radius 2 is 1.59 bits per heavy atom. The predicted molar refractivity (Wildman–Crippen MR) is 193 cm³/mol. The van der Waals surface area contributed by atoms with Crippen molar-refractivity contribution in [2.24, 2.45) is 0 Å². The van der Waals surface area contributed by atoms with Gasteiger partial charge in [0.2, 0.25) is 0 Å². The Morgan fingerprint density at radius 3 is 2.16 bits per heavy atom. The summed E-state index contributed by atoms with van der Waals surface area (Å²) in [5.41, 5.74) is -0.223. The molecule has 0 aliphatic carbocycles. The lowest BCUT2D eigenvalue weighted by Crippen LogP contribution is -2.69. The monoisotopic (exact) mass is 818 g/mol. The van der Waals surface area contributed by atoms with Gasteiger partial charge in [-0.25, -0.2) is 4.79 Å². The van der Waals surface area contributed by atoms with Crippen molar-refractivity contribution in [3.05, 3.63) is 65.7 Å². The number of esters is 5. The first kappa shape index (κ1) is 46.3. The molecule has 0 radical (unpaired) electrons. The van der Waals surface area contributed by atoms with E-state index in [4.69, 9.17) is 44.3 Å². The molecule has 1 saturated heterocycles. The van der Waals surface area contributed by atoms with Gasteiger partial charge >= 0.3 is 35.8 Å². The highest BCUT2D eigenvalue weighted by Crippen LogP contribution is 2.38. The van der Waals surface area contributed by atoms with Crippen molar-refractivity contribution in [3.63, 3.8) is 0 Å². The molecule has 58 heavy (non-hydrogen) atoms. The molecule has 1 heterocycles. The Labute approximate surface area is 332 Å². The van der Waals surface area contributed by atoms with Gasteiger partial charge in [0.1, 0.15) is 18.0 Å². The largest absolute Gasteiger partial charge is 0.493 e. The topological polar surface area (TPSA) is 217 Å². The number of rotatable bonds is 19. The van der Waals surface area contributed by atoms with Crippen LogP contribution in [0.4, 0.5) is 8.78 Å². The van der Waals surface area contributed by atoms with E-state index >= 15 is 8.78 Å². The van der Waals surface area contributed by atoms with Gasteiger partial charge in [-0.2, -0.15) is 8.78 Å². The van der Waals surface area contributed by atoms with Crippen LogP contribution in [0.25, 0.3) is 0 Å². The van der Waals surface area contributed by atoms with E-state index in [9.17, 15) is 33.6 Å². The molecule has 2 aromatic rings. The molecule has 314 valence electrons. The van der Waals surface area contributed by atoms with E-state index in [0.29, 0.717) is 17.7 Å². The maximum Gasteiger partial charge on any atom is 0.366 e. The minimum absolute atomic E-state index is 0.250. The van der Waals surface area contributed by atoms with Crippen LogP contribution < -0.4 is 15.4 Å². The second-order valence-electron chi connectivity index (χ2n) is 12.7. The second kappa shape index (κ2) is 21.4. The van der Waals surface area contributed by atoms with Crippen molar-refractivity contribution in [1.29, 1.82) is 0 Å². The fourth-order valence-electron chi connectivity index (χ4n) is 5.73. The molecule has 1 aliphatic rings. The van der Waals surface area contributed by atoms with Crippen molar-refractivity contribution in [3.8, 4) is 18.1 Å². The number of benzene rings is 2. The lowest BCUT2D eigenvalue weighted by molar-refractivity contribution is -0.317. The van der Waals surface area contributed by atoms with Crippen molar-refractivity contribution in [1.82, 2.24) is 10.6 Å². The van der Waals surface area contributed by atoms with Crippen LogP contribution in [0.15, 0.2) is 54.6 Å². The third-order valence-corrected chi connectivity index (χ3v) is 8.20. The first-order valence-electron chi connectivity index (χ1n) is 17.6. The molecule has 19 heteroatoms. The summed E-state index contributed by atoms with van der Waals surface area (Å²) in [7, 11) is 0.982. The number of ether oxygens (including phenoxy) is 8. The minimum Gasteiger partial charge on any atom is -0.493 e. The van der Waals surface area contributed by atoms with Gasteiger partial charge in [0, 0.05) is 39.7 Å². The summed E-state index contributed by atoms with van der Waals surface area (Å²) in [5, 5.41) is 4.44. The molecule has 1 fully saturated rings. The van der Waals surface area contributed by atoms with Crippen molar-refractivity contribution >= 4 is 41.7 Å². The SMILES string of the molecule is C#CCCOc1ccc(CO[C@]2(C(=O)OC)C[C@H](OC(C)=O)[C@@H](NC(=O)COC(C)=O)[C@H]([C@H](OC(C)=O)[C@@H](CNC(=O)C(F)(F)c3ccccc3)OC(C)=O)O2)cc1. The highest BCUT2D eigenvalue weighted by Gasteiger charge is 2.59. The summed E-state index contributed by atoms with van der Waals surface area (Å²) in [6, 6.07) is 10.8. The quantitative estimate of drug-likeness (QED) is 0.0897. The van der Waals surface area contributed by atoms with Gasteiger partial charge < -0.3 is 48.5 Å². The normalized spacial score (nSPS) is 19.8. The predicted octanol–water partition coefficient (Wildman–Crippen LogP) is 2.01. The first-order chi connectivity index (χ1) is 27.4. The standard InChI is InChI=1S/C39H44F2N2O15/c1-7-8-18-52-29-16-14-27(15-17-29)21-54-38(37(50)51-6)19-30(55-24(3)45)33(43-32(48)22-53-23(2)44)35(58-38)34(57-26(5)47)31(56-25(4)46)20-42-36(49)39(40,41)28-12-10-9-11-13-28/h1,9-17,30-31,33-35H,8,18-22H2,2-6H3,(H,42,49)(H,43,48)/t30-,31+,33+,34+,35+,38+/m0/s1. The van der Waals surface area contributed by atoms with Crippen LogP contribution in [0.5, 0.6) is 5.75 Å². The maximum atomic E-state index is 15.2. The highest BCUT2D eigenvalue weighted by atomic mass is 19.3. The molecule has 3 rings (SSSR count). The van der Waals surface area contributed by atoms with Crippen LogP contribution in [0.2, 0.25) is 0 Å². The van der Waals surface area contributed by atoms with Crippen molar-refractivity contribution in [2.45, 2.75) is 89.3 Å². The zero-order valence-corrected chi connectivity index (χ0v) is 32.3. The van der Waals surface area contributed by atoms with Gasteiger partial charge in [-0.3, -0.25) is 28.8 Å². The fraction of sp³-hybridized carbons (Fsp3) is 0.462. The lowest BCUT2D eigenvalue weighted by Gasteiger charge is -2.48. The maximum absolute atomic E-state index is 15.2. The lowest BCUT2D eigenvalue weighted by atomic mass is 9.87. The van der Waals surface area contributed by atoms with Crippen LogP contribution in [0.1, 0.15) is 51.7 Å². The van der Waals surface area contributed by atoms with Gasteiger partial charge in [0.05, 0.1) is 39.3 Å². The molecule has 17 nitrogen and oxygen atoms in total. The molecule has 2 aromatic carbocycles. The molecule has 6 atom stereocenters. The molecular weight excluding hydrogens is 774 g/mol. The van der Waals surface area contributed by atoms with E-state index in [1.54, 1.807) is 24.3 Å². The number of terminal acetylenes is 1. The Balaban J connectivity index is 2.15. The number of halogens is 2. The average Bonchev–Trinajstić information content (AvgIpc) is 3.17. The van der Waals surface area contributed by atoms with Crippen LogP contribution >= 0.6 is 0 Å². The number of alkyl halides is 2. The van der Waals surface area contributed by atoms with Crippen LogP contribution in [-0.4, -0.2) is 105 Å². The molecule has 0 unspecified atom stereocenters. The average molecular weight is 819 g/mol. The summed E-state index contributed by atoms with van der Waals surface area (Å²) < 4.78 is 74.7. The number of hydrogen-bond donors (Lipinski definition) is 2. The van der Waals surface area contributed by atoms with E-state index < -0.39 is 109 Å². The first-order valence-corrected chi connectivity index (χ1v) is 17.6. The summed E-state index contributed by atoms with van der Waals surface area (Å²) in [5.74, 6) is -11.7. The molecule has 0 saturated carbocycles. The smallest absolute Gasteiger partial charge is 0.366 e. The van der Waals surface area contributed by atoms with E-state index in [1.807, 2.05) is 5.32 Å². The minimum atomic E-state index is -4.10. The van der Waals surface area contributed by atoms with Gasteiger partial charge in [0.15, 0.2) is 18.8 Å². The number of carbonyl (C=O) groups is 7. The Morgan fingerprint density at radius 1 is 0.931 bits per heavy atom. The Hall–Kier alpha value is -6.13. The number of hydrogen-bond acceptors (Lipinski definition) is 15.